The molecule has 100 valence electrons. The molecule has 1 rings (SSSR count). The van der Waals surface area contributed by atoms with E-state index in [1.54, 1.807) is 0 Å². The van der Waals surface area contributed by atoms with E-state index in [1.165, 1.54) is 0 Å². The summed E-state index contributed by atoms with van der Waals surface area (Å²) in [5.41, 5.74) is 0. The molecule has 2 N–H and O–H groups in total. The molecule has 0 amide bonds. The van der Waals surface area contributed by atoms with Crippen molar-refractivity contribution in [3.8, 4) is 0 Å². The minimum atomic E-state index is -0.379. The zero-order valence-electron chi connectivity index (χ0n) is 11.2. The molecule has 17 heavy (non-hydrogen) atoms. The molecule has 0 fully saturated rings. The molecule has 0 saturated heterocycles. The summed E-state index contributed by atoms with van der Waals surface area (Å²) in [7, 11) is 0. The van der Waals surface area contributed by atoms with E-state index in [0.29, 0.717) is 25.0 Å². The van der Waals surface area contributed by atoms with Crippen molar-refractivity contribution in [2.24, 2.45) is 11.8 Å². The van der Waals surface area contributed by atoms with E-state index in [-0.39, 0.29) is 6.10 Å². The summed E-state index contributed by atoms with van der Waals surface area (Å²) in [5.74, 6) is 1.33. The van der Waals surface area contributed by atoms with Gasteiger partial charge in [0.25, 0.3) is 0 Å². The molecule has 0 aromatic heterocycles. The van der Waals surface area contributed by atoms with Crippen molar-refractivity contribution in [1.82, 2.24) is 5.32 Å². The van der Waals surface area contributed by atoms with Crippen LogP contribution in [-0.4, -0.2) is 37.5 Å². The Balaban J connectivity index is 2.04. The van der Waals surface area contributed by atoms with Crippen molar-refractivity contribution in [1.29, 1.82) is 0 Å². The first-order valence-electron chi connectivity index (χ1n) is 6.85. The number of ether oxygens (including phenoxy) is 1. The maximum Gasteiger partial charge on any atom is 0.0897 e. The molecule has 0 saturated carbocycles. The highest BCUT2D eigenvalue weighted by Gasteiger charge is 2.18. The van der Waals surface area contributed by atoms with Crippen LogP contribution in [-0.2, 0) is 4.74 Å². The SMILES string of the molecule is CCCNCC(O)COCC1CC=CCC1C. The first kappa shape index (κ1) is 14.7. The maximum atomic E-state index is 9.67. The Morgan fingerprint density at radius 3 is 2.88 bits per heavy atom. The smallest absolute Gasteiger partial charge is 0.0897 e. The van der Waals surface area contributed by atoms with E-state index in [1.807, 2.05) is 0 Å². The highest BCUT2D eigenvalue weighted by Crippen LogP contribution is 2.24. The van der Waals surface area contributed by atoms with E-state index in [4.69, 9.17) is 4.74 Å². The number of hydrogen-bond acceptors (Lipinski definition) is 3. The van der Waals surface area contributed by atoms with Gasteiger partial charge in [-0.15, -0.1) is 0 Å². The fraction of sp³-hybridized carbons (Fsp3) is 0.857. The number of rotatable bonds is 8. The second kappa shape index (κ2) is 8.67. The third kappa shape index (κ3) is 6.20. The Kier molecular flexibility index (Phi) is 7.49. The first-order chi connectivity index (χ1) is 8.24. The van der Waals surface area contributed by atoms with Gasteiger partial charge in [-0.1, -0.05) is 26.0 Å². The van der Waals surface area contributed by atoms with Gasteiger partial charge in [0.2, 0.25) is 0 Å². The molecule has 0 aliphatic heterocycles. The number of nitrogens with one attached hydrogen (secondary N) is 1. The van der Waals surface area contributed by atoms with Gasteiger partial charge in [0.1, 0.15) is 0 Å². The standard InChI is InChI=1S/C14H27NO2/c1-3-8-15-9-14(16)11-17-10-13-7-5-4-6-12(13)2/h4-5,12-16H,3,6-11H2,1-2H3. The topological polar surface area (TPSA) is 41.5 Å². The summed E-state index contributed by atoms with van der Waals surface area (Å²) < 4.78 is 5.61. The molecule has 0 bridgehead atoms. The minimum Gasteiger partial charge on any atom is -0.389 e. The lowest BCUT2D eigenvalue weighted by Gasteiger charge is -2.25. The van der Waals surface area contributed by atoms with E-state index in [0.717, 1.165) is 32.4 Å². The van der Waals surface area contributed by atoms with Crippen LogP contribution in [0.15, 0.2) is 12.2 Å². The van der Waals surface area contributed by atoms with E-state index in [9.17, 15) is 5.11 Å². The van der Waals surface area contributed by atoms with E-state index >= 15 is 0 Å². The Morgan fingerprint density at radius 1 is 1.41 bits per heavy atom. The molecular weight excluding hydrogens is 214 g/mol. The van der Waals surface area contributed by atoms with Crippen LogP contribution in [0.1, 0.15) is 33.1 Å². The quantitative estimate of drug-likeness (QED) is 0.504. The van der Waals surface area contributed by atoms with Crippen LogP contribution in [0, 0.1) is 11.8 Å². The molecule has 0 aromatic carbocycles. The average Bonchev–Trinajstić information content (AvgIpc) is 2.32. The molecule has 0 heterocycles. The van der Waals surface area contributed by atoms with Crippen LogP contribution in [0.5, 0.6) is 0 Å². The summed E-state index contributed by atoms with van der Waals surface area (Å²) in [4.78, 5) is 0. The van der Waals surface area contributed by atoms with Crippen molar-refractivity contribution in [2.75, 3.05) is 26.3 Å². The molecule has 0 aromatic rings. The summed E-state index contributed by atoms with van der Waals surface area (Å²) in [5, 5.41) is 12.9. The summed E-state index contributed by atoms with van der Waals surface area (Å²) in [6.45, 7) is 7.21. The Bertz CT molecular complexity index is 218. The minimum absolute atomic E-state index is 0.379. The largest absolute Gasteiger partial charge is 0.389 e. The molecule has 0 radical (unpaired) electrons. The van der Waals surface area contributed by atoms with E-state index in [2.05, 4.69) is 31.3 Å². The van der Waals surface area contributed by atoms with Crippen molar-refractivity contribution in [3.63, 3.8) is 0 Å². The molecule has 3 nitrogen and oxygen atoms in total. The number of hydrogen-bond donors (Lipinski definition) is 2. The fourth-order valence-electron chi connectivity index (χ4n) is 2.10. The average molecular weight is 241 g/mol. The number of allylic oxidation sites excluding steroid dienone is 2. The molecule has 3 heteroatoms. The maximum absolute atomic E-state index is 9.67. The first-order valence-corrected chi connectivity index (χ1v) is 6.85. The lowest BCUT2D eigenvalue weighted by molar-refractivity contribution is 0.0129. The van der Waals surface area contributed by atoms with Gasteiger partial charge in [0.15, 0.2) is 0 Å². The van der Waals surface area contributed by atoms with Crippen molar-refractivity contribution in [2.45, 2.75) is 39.2 Å². The van der Waals surface area contributed by atoms with Crippen LogP contribution < -0.4 is 5.32 Å². The summed E-state index contributed by atoms with van der Waals surface area (Å²) >= 11 is 0. The molecule has 3 unspecified atom stereocenters. The second-order valence-corrected chi connectivity index (χ2v) is 5.08. The van der Waals surface area contributed by atoms with Crippen molar-refractivity contribution >= 4 is 0 Å². The van der Waals surface area contributed by atoms with Crippen LogP contribution in [0.2, 0.25) is 0 Å². The van der Waals surface area contributed by atoms with Gasteiger partial charge < -0.3 is 15.2 Å². The van der Waals surface area contributed by atoms with Gasteiger partial charge >= 0.3 is 0 Å². The Hall–Kier alpha value is -0.380. The highest BCUT2D eigenvalue weighted by molar-refractivity contribution is 4.93. The molecular formula is C14H27NO2. The summed E-state index contributed by atoms with van der Waals surface area (Å²) in [6.07, 6.45) is 7.49. The van der Waals surface area contributed by atoms with E-state index < -0.39 is 0 Å². The lowest BCUT2D eigenvalue weighted by atomic mass is 9.85. The van der Waals surface area contributed by atoms with Crippen LogP contribution in [0.4, 0.5) is 0 Å². The normalized spacial score (nSPS) is 26.1. The Morgan fingerprint density at radius 2 is 2.18 bits per heavy atom. The van der Waals surface area contributed by atoms with Crippen LogP contribution >= 0.6 is 0 Å². The summed E-state index contributed by atoms with van der Waals surface area (Å²) in [6, 6.07) is 0. The predicted octanol–water partition coefficient (Wildman–Crippen LogP) is 1.97. The van der Waals surface area contributed by atoms with Crippen LogP contribution in [0.3, 0.4) is 0 Å². The molecule has 0 spiro atoms. The zero-order chi connectivity index (χ0) is 12.5. The van der Waals surface area contributed by atoms with Crippen molar-refractivity contribution in [3.05, 3.63) is 12.2 Å². The number of aliphatic hydroxyl groups is 1. The lowest BCUT2D eigenvalue weighted by Crippen LogP contribution is -2.32. The highest BCUT2D eigenvalue weighted by atomic mass is 16.5. The molecule has 3 atom stereocenters. The van der Waals surface area contributed by atoms with Gasteiger partial charge in [0.05, 0.1) is 19.3 Å². The molecule has 1 aliphatic rings. The van der Waals surface area contributed by atoms with Gasteiger partial charge in [-0.2, -0.15) is 0 Å². The number of aliphatic hydroxyl groups excluding tert-OH is 1. The van der Waals surface area contributed by atoms with Crippen LogP contribution in [0.25, 0.3) is 0 Å². The zero-order valence-corrected chi connectivity index (χ0v) is 11.2. The third-order valence-corrected chi connectivity index (χ3v) is 3.37. The third-order valence-electron chi connectivity index (χ3n) is 3.37. The van der Waals surface area contributed by atoms with Gasteiger partial charge in [0, 0.05) is 6.54 Å². The van der Waals surface area contributed by atoms with Gasteiger partial charge in [-0.25, -0.2) is 0 Å². The van der Waals surface area contributed by atoms with Gasteiger partial charge in [-0.3, -0.25) is 0 Å². The van der Waals surface area contributed by atoms with Gasteiger partial charge in [-0.05, 0) is 37.6 Å². The second-order valence-electron chi connectivity index (χ2n) is 5.08. The Labute approximate surface area is 105 Å². The predicted molar refractivity (Wildman–Crippen MR) is 71.0 cm³/mol. The monoisotopic (exact) mass is 241 g/mol. The van der Waals surface area contributed by atoms with Crippen molar-refractivity contribution < 1.29 is 9.84 Å². The molecule has 1 aliphatic carbocycles. The fourth-order valence-corrected chi connectivity index (χ4v) is 2.10.